The molecular formula is C16H22BrN3. The monoisotopic (exact) mass is 335 g/mol. The van der Waals surface area contributed by atoms with Crippen molar-refractivity contribution in [1.29, 1.82) is 0 Å². The number of aromatic nitrogens is 2. The van der Waals surface area contributed by atoms with Gasteiger partial charge in [-0.25, -0.2) is 4.68 Å². The zero-order valence-electron chi connectivity index (χ0n) is 12.4. The summed E-state index contributed by atoms with van der Waals surface area (Å²) in [7, 11) is 0. The minimum absolute atomic E-state index is 0.613. The molecule has 2 rings (SSSR count). The van der Waals surface area contributed by atoms with Gasteiger partial charge in [0.2, 0.25) is 0 Å². The lowest BCUT2D eigenvalue weighted by atomic mass is 10.1. The molecule has 1 N–H and O–H groups in total. The van der Waals surface area contributed by atoms with Gasteiger partial charge in [0.15, 0.2) is 0 Å². The smallest absolute Gasteiger partial charge is 0.130 e. The molecular weight excluding hydrogens is 314 g/mol. The second kappa shape index (κ2) is 6.93. The van der Waals surface area contributed by atoms with Crippen LogP contribution in [0.1, 0.15) is 32.9 Å². The molecule has 108 valence electrons. The third-order valence-corrected chi connectivity index (χ3v) is 3.53. The number of hydrogen-bond donors (Lipinski definition) is 1. The number of nitrogens with zero attached hydrogens (tertiary/aromatic N) is 2. The van der Waals surface area contributed by atoms with Gasteiger partial charge in [0.05, 0.1) is 11.4 Å². The van der Waals surface area contributed by atoms with E-state index in [1.54, 1.807) is 0 Å². The van der Waals surface area contributed by atoms with Crippen molar-refractivity contribution >= 4 is 21.7 Å². The fourth-order valence-electron chi connectivity index (χ4n) is 2.11. The van der Waals surface area contributed by atoms with Crippen LogP contribution in [0.4, 0.5) is 5.82 Å². The molecule has 0 bridgehead atoms. The third kappa shape index (κ3) is 3.85. The quantitative estimate of drug-likeness (QED) is 0.832. The number of halogens is 1. The van der Waals surface area contributed by atoms with E-state index < -0.39 is 0 Å². The predicted octanol–water partition coefficient (Wildman–Crippen LogP) is 4.66. The van der Waals surface area contributed by atoms with Gasteiger partial charge in [-0.2, -0.15) is 5.10 Å². The molecule has 4 heteroatoms. The molecule has 0 radical (unpaired) electrons. The van der Waals surface area contributed by atoms with E-state index in [9.17, 15) is 0 Å². The zero-order valence-corrected chi connectivity index (χ0v) is 13.9. The molecule has 0 unspecified atom stereocenters. The van der Waals surface area contributed by atoms with E-state index >= 15 is 0 Å². The van der Waals surface area contributed by atoms with Crippen LogP contribution in [0.2, 0.25) is 0 Å². The molecule has 1 aromatic carbocycles. The van der Waals surface area contributed by atoms with Crippen molar-refractivity contribution < 1.29 is 0 Å². The minimum atomic E-state index is 0.613. The second-order valence-electron chi connectivity index (χ2n) is 5.43. The molecule has 0 aliphatic rings. The van der Waals surface area contributed by atoms with Crippen molar-refractivity contribution in [3.63, 3.8) is 0 Å². The van der Waals surface area contributed by atoms with E-state index in [4.69, 9.17) is 5.10 Å². The van der Waals surface area contributed by atoms with Crippen molar-refractivity contribution in [2.45, 2.75) is 33.6 Å². The van der Waals surface area contributed by atoms with Gasteiger partial charge in [-0.1, -0.05) is 36.7 Å². The van der Waals surface area contributed by atoms with E-state index in [0.29, 0.717) is 5.92 Å². The van der Waals surface area contributed by atoms with Crippen molar-refractivity contribution in [1.82, 2.24) is 9.78 Å². The molecule has 0 saturated heterocycles. The molecule has 0 amide bonds. The van der Waals surface area contributed by atoms with E-state index in [1.807, 2.05) is 16.8 Å². The van der Waals surface area contributed by atoms with Crippen LogP contribution < -0.4 is 5.32 Å². The van der Waals surface area contributed by atoms with E-state index in [2.05, 4.69) is 60.2 Å². The summed E-state index contributed by atoms with van der Waals surface area (Å²) in [6.45, 7) is 7.57. The Morgan fingerprint density at radius 1 is 1.25 bits per heavy atom. The average Bonchev–Trinajstić information content (AvgIpc) is 2.79. The highest BCUT2D eigenvalue weighted by atomic mass is 79.9. The molecule has 0 saturated carbocycles. The Hall–Kier alpha value is -1.29. The van der Waals surface area contributed by atoms with Crippen molar-refractivity contribution in [2.24, 2.45) is 5.92 Å². The minimum Gasteiger partial charge on any atom is -0.370 e. The zero-order chi connectivity index (χ0) is 14.5. The number of anilines is 1. The number of benzene rings is 1. The summed E-state index contributed by atoms with van der Waals surface area (Å²) in [5.41, 5.74) is 2.23. The largest absolute Gasteiger partial charge is 0.370 e. The van der Waals surface area contributed by atoms with Gasteiger partial charge in [-0.15, -0.1) is 0 Å². The topological polar surface area (TPSA) is 29.9 Å². The molecule has 0 aliphatic heterocycles. The Morgan fingerprint density at radius 2 is 1.95 bits per heavy atom. The Bertz CT molecular complexity index is 543. The van der Waals surface area contributed by atoms with Crippen LogP contribution in [0.15, 0.2) is 34.8 Å². The van der Waals surface area contributed by atoms with Crippen molar-refractivity contribution in [3.8, 4) is 5.69 Å². The highest BCUT2D eigenvalue weighted by Crippen LogP contribution is 2.21. The molecule has 20 heavy (non-hydrogen) atoms. The first-order valence-corrected chi connectivity index (χ1v) is 7.98. The van der Waals surface area contributed by atoms with Crippen LogP contribution in [0.25, 0.3) is 5.69 Å². The lowest BCUT2D eigenvalue weighted by Crippen LogP contribution is -2.07. The van der Waals surface area contributed by atoms with Crippen molar-refractivity contribution in [3.05, 3.63) is 40.5 Å². The summed E-state index contributed by atoms with van der Waals surface area (Å²) >= 11 is 3.47. The maximum absolute atomic E-state index is 4.74. The van der Waals surface area contributed by atoms with Crippen LogP contribution in [-0.4, -0.2) is 16.3 Å². The van der Waals surface area contributed by atoms with Gasteiger partial charge in [-0.3, -0.25) is 0 Å². The van der Waals surface area contributed by atoms with Gasteiger partial charge >= 0.3 is 0 Å². The van der Waals surface area contributed by atoms with Crippen LogP contribution >= 0.6 is 15.9 Å². The Kier molecular flexibility index (Phi) is 5.24. The van der Waals surface area contributed by atoms with Gasteiger partial charge in [-0.05, 0) is 43.0 Å². The fraction of sp³-hybridized carbons (Fsp3) is 0.438. The predicted molar refractivity (Wildman–Crippen MR) is 88.6 cm³/mol. The lowest BCUT2D eigenvalue weighted by Gasteiger charge is -2.08. The number of hydrogen-bond acceptors (Lipinski definition) is 2. The third-order valence-electron chi connectivity index (χ3n) is 3.00. The van der Waals surface area contributed by atoms with E-state index in [-0.39, 0.29) is 0 Å². The summed E-state index contributed by atoms with van der Waals surface area (Å²) in [4.78, 5) is 0. The summed E-state index contributed by atoms with van der Waals surface area (Å²) in [5, 5.41) is 8.20. The lowest BCUT2D eigenvalue weighted by molar-refractivity contribution is 0.628. The van der Waals surface area contributed by atoms with Crippen LogP contribution in [0, 0.1) is 5.92 Å². The Balaban J connectivity index is 2.32. The highest BCUT2D eigenvalue weighted by Gasteiger charge is 2.10. The number of rotatable bonds is 6. The molecule has 0 atom stereocenters. The van der Waals surface area contributed by atoms with Gasteiger partial charge < -0.3 is 5.32 Å². The standard InChI is InChI=1S/C16H22BrN3/c1-4-9-18-16-11-14(10-12(2)3)19-20(16)15-7-5-13(17)6-8-15/h5-8,11-12,18H,4,9-10H2,1-3H3. The van der Waals surface area contributed by atoms with E-state index in [0.717, 1.165) is 41.1 Å². The molecule has 2 aromatic rings. The normalized spacial score (nSPS) is 11.1. The van der Waals surface area contributed by atoms with Gasteiger partial charge in [0.1, 0.15) is 5.82 Å². The van der Waals surface area contributed by atoms with Gasteiger partial charge in [0, 0.05) is 17.1 Å². The highest BCUT2D eigenvalue weighted by molar-refractivity contribution is 9.10. The summed E-state index contributed by atoms with van der Waals surface area (Å²) in [6.07, 6.45) is 2.11. The summed E-state index contributed by atoms with van der Waals surface area (Å²) in [5.74, 6) is 1.69. The first-order chi connectivity index (χ1) is 9.60. The Morgan fingerprint density at radius 3 is 2.55 bits per heavy atom. The van der Waals surface area contributed by atoms with Crippen LogP contribution in [-0.2, 0) is 6.42 Å². The molecule has 1 heterocycles. The van der Waals surface area contributed by atoms with E-state index in [1.165, 1.54) is 0 Å². The maximum Gasteiger partial charge on any atom is 0.130 e. The van der Waals surface area contributed by atoms with Gasteiger partial charge in [0.25, 0.3) is 0 Å². The van der Waals surface area contributed by atoms with Crippen LogP contribution in [0.3, 0.4) is 0 Å². The second-order valence-corrected chi connectivity index (χ2v) is 6.35. The molecule has 0 spiro atoms. The maximum atomic E-state index is 4.74. The first-order valence-electron chi connectivity index (χ1n) is 7.19. The number of nitrogens with one attached hydrogen (secondary N) is 1. The molecule has 3 nitrogen and oxygen atoms in total. The van der Waals surface area contributed by atoms with Crippen LogP contribution in [0.5, 0.6) is 0 Å². The summed E-state index contributed by atoms with van der Waals surface area (Å²) in [6, 6.07) is 10.4. The molecule has 0 aliphatic carbocycles. The average molecular weight is 336 g/mol. The fourth-order valence-corrected chi connectivity index (χ4v) is 2.37. The molecule has 0 fully saturated rings. The SMILES string of the molecule is CCCNc1cc(CC(C)C)nn1-c1ccc(Br)cc1. The van der Waals surface area contributed by atoms with Crippen molar-refractivity contribution in [2.75, 3.05) is 11.9 Å². The Labute approximate surface area is 129 Å². The molecule has 1 aromatic heterocycles. The summed E-state index contributed by atoms with van der Waals surface area (Å²) < 4.78 is 3.08. The first kappa shape index (κ1) is 15.1.